The Bertz CT molecular complexity index is 644. The van der Waals surface area contributed by atoms with E-state index in [0.29, 0.717) is 11.8 Å². The molecular formula is C26H44O2. The van der Waals surface area contributed by atoms with E-state index in [1.54, 1.807) is 6.26 Å². The minimum Gasteiger partial charge on any atom is -0.490 e. The lowest BCUT2D eigenvalue weighted by atomic mass is 9.48. The van der Waals surface area contributed by atoms with Gasteiger partial charge in [0.05, 0.1) is 12.5 Å². The van der Waals surface area contributed by atoms with Gasteiger partial charge in [-0.15, -0.1) is 0 Å². The van der Waals surface area contributed by atoms with Crippen LogP contribution >= 0.6 is 0 Å². The molecule has 1 aromatic rings. The number of hydrogen-bond acceptors (Lipinski definition) is 2. The van der Waals surface area contributed by atoms with Gasteiger partial charge in [-0.2, -0.15) is 0 Å². The summed E-state index contributed by atoms with van der Waals surface area (Å²) in [5.41, 5.74) is 2.73. The Labute approximate surface area is 174 Å². The predicted molar refractivity (Wildman–Crippen MR) is 119 cm³/mol. The van der Waals surface area contributed by atoms with E-state index in [4.69, 9.17) is 9.15 Å². The van der Waals surface area contributed by atoms with E-state index in [1.165, 1.54) is 16.9 Å². The zero-order valence-corrected chi connectivity index (χ0v) is 19.9. The van der Waals surface area contributed by atoms with Crippen molar-refractivity contribution in [2.45, 2.75) is 106 Å². The second-order valence-electron chi connectivity index (χ2n) is 9.51. The predicted octanol–water partition coefficient (Wildman–Crippen LogP) is 8.18. The van der Waals surface area contributed by atoms with Crippen LogP contribution in [0.15, 0.2) is 34.3 Å². The third-order valence-corrected chi connectivity index (χ3v) is 8.51. The first-order chi connectivity index (χ1) is 13.2. The lowest BCUT2D eigenvalue weighted by Crippen LogP contribution is -2.63. The van der Waals surface area contributed by atoms with Crippen molar-refractivity contribution in [2.24, 2.45) is 22.7 Å². The van der Waals surface area contributed by atoms with E-state index in [2.05, 4.69) is 68.4 Å². The van der Waals surface area contributed by atoms with Crippen LogP contribution in [0.25, 0.3) is 0 Å². The smallest absolute Gasteiger partial charge is 0.126 e. The first-order valence-corrected chi connectivity index (χ1v) is 11.6. The molecule has 0 amide bonds. The quantitative estimate of drug-likeness (QED) is 0.403. The van der Waals surface area contributed by atoms with Gasteiger partial charge in [0.15, 0.2) is 0 Å². The third-order valence-electron chi connectivity index (χ3n) is 8.51. The molecule has 1 aromatic heterocycles. The molecule has 0 spiro atoms. The Morgan fingerprint density at radius 1 is 1.04 bits per heavy atom. The zero-order chi connectivity index (χ0) is 21.2. The van der Waals surface area contributed by atoms with Crippen molar-refractivity contribution in [3.05, 3.63) is 35.5 Å². The van der Waals surface area contributed by atoms with Crippen LogP contribution in [0, 0.1) is 22.7 Å². The van der Waals surface area contributed by atoms with Crippen molar-refractivity contribution in [1.82, 2.24) is 0 Å². The first-order valence-electron chi connectivity index (χ1n) is 11.6. The van der Waals surface area contributed by atoms with Crippen molar-refractivity contribution < 1.29 is 9.15 Å². The van der Waals surface area contributed by atoms with Crippen LogP contribution in [0.1, 0.15) is 100.0 Å². The molecule has 2 heteroatoms. The Kier molecular flexibility index (Phi) is 7.16. The first kappa shape index (κ1) is 23.1. The monoisotopic (exact) mass is 388 g/mol. The van der Waals surface area contributed by atoms with Gasteiger partial charge in [0.2, 0.25) is 0 Å². The minimum absolute atomic E-state index is 0.0811. The van der Waals surface area contributed by atoms with Crippen molar-refractivity contribution in [1.29, 1.82) is 0 Å². The van der Waals surface area contributed by atoms with Crippen molar-refractivity contribution in [3.63, 3.8) is 0 Å². The topological polar surface area (TPSA) is 22.4 Å². The van der Waals surface area contributed by atoms with E-state index >= 15 is 0 Å². The molecule has 0 aliphatic carbocycles. The van der Waals surface area contributed by atoms with Gasteiger partial charge in [-0.3, -0.25) is 0 Å². The van der Waals surface area contributed by atoms with Gasteiger partial charge < -0.3 is 9.15 Å². The van der Waals surface area contributed by atoms with E-state index in [1.807, 2.05) is 6.26 Å². The zero-order valence-electron chi connectivity index (χ0n) is 19.9. The van der Waals surface area contributed by atoms with Crippen LogP contribution in [0.5, 0.6) is 0 Å². The van der Waals surface area contributed by atoms with Crippen LogP contribution in [-0.4, -0.2) is 5.60 Å². The summed E-state index contributed by atoms with van der Waals surface area (Å²) in [6, 6.07) is 2.07. The molecule has 160 valence electrons. The Balaban J connectivity index is 2.75. The Morgan fingerprint density at radius 2 is 1.64 bits per heavy atom. The van der Waals surface area contributed by atoms with Crippen molar-refractivity contribution >= 4 is 0 Å². The summed E-state index contributed by atoms with van der Waals surface area (Å²) in [5, 5.41) is 0. The summed E-state index contributed by atoms with van der Waals surface area (Å²) in [6.45, 7) is 21.5. The maximum atomic E-state index is 7.33. The minimum atomic E-state index is -0.168. The highest BCUT2D eigenvalue weighted by Gasteiger charge is 2.68. The van der Waals surface area contributed by atoms with Gasteiger partial charge in [0, 0.05) is 23.2 Å². The molecule has 0 saturated carbocycles. The molecule has 28 heavy (non-hydrogen) atoms. The van der Waals surface area contributed by atoms with Crippen LogP contribution in [0.4, 0.5) is 0 Å². The fraction of sp³-hybridized carbons (Fsp3) is 0.769. The summed E-state index contributed by atoms with van der Waals surface area (Å²) in [4.78, 5) is 0. The molecule has 2 rings (SSSR count). The summed E-state index contributed by atoms with van der Waals surface area (Å²) < 4.78 is 12.7. The van der Waals surface area contributed by atoms with Gasteiger partial charge >= 0.3 is 0 Å². The second-order valence-corrected chi connectivity index (χ2v) is 9.51. The third kappa shape index (κ3) is 3.15. The molecule has 2 unspecified atom stereocenters. The van der Waals surface area contributed by atoms with Gasteiger partial charge in [0.1, 0.15) is 11.4 Å². The number of hydrogen-bond donors (Lipinski definition) is 0. The standard InChI is InChI=1S/C26H44O2/c1-10-22(19(6)7)26(24(9,11-2)12-3)25(13-4,14-5)20(8)23(28-26)17-21-15-16-27-18-21/h15-16,18-19,22H,10-14,17H2,1-9H3. The van der Waals surface area contributed by atoms with E-state index in [0.717, 1.165) is 38.5 Å². The average Bonchev–Trinajstić information content (AvgIpc) is 3.28. The fourth-order valence-corrected chi connectivity index (χ4v) is 6.55. The van der Waals surface area contributed by atoms with Crippen LogP contribution in [0.2, 0.25) is 0 Å². The molecule has 2 atom stereocenters. The SMILES string of the molecule is CCC(C(C)C)C1(C(C)(CC)CC)OC(Cc2ccoc2)=C(C)C1(CC)CC. The second kappa shape index (κ2) is 8.67. The van der Waals surface area contributed by atoms with Gasteiger partial charge in [-0.05, 0) is 62.1 Å². The normalized spacial score (nSPS) is 23.4. The molecule has 0 aromatic carbocycles. The average molecular weight is 389 g/mol. The highest BCUT2D eigenvalue weighted by atomic mass is 16.5. The van der Waals surface area contributed by atoms with Gasteiger partial charge in [-0.25, -0.2) is 0 Å². The van der Waals surface area contributed by atoms with Gasteiger partial charge in [-0.1, -0.05) is 55.4 Å². The van der Waals surface area contributed by atoms with Crippen LogP contribution in [0.3, 0.4) is 0 Å². The molecule has 0 N–H and O–H groups in total. The lowest BCUT2D eigenvalue weighted by Gasteiger charge is -2.60. The number of furan rings is 1. The molecule has 2 nitrogen and oxygen atoms in total. The maximum Gasteiger partial charge on any atom is 0.126 e. The molecule has 0 saturated heterocycles. The van der Waals surface area contributed by atoms with Crippen molar-refractivity contribution in [2.75, 3.05) is 0 Å². The van der Waals surface area contributed by atoms with Gasteiger partial charge in [0.25, 0.3) is 0 Å². The Hall–Kier alpha value is -1.18. The molecule has 0 fully saturated rings. The fourth-order valence-electron chi connectivity index (χ4n) is 6.55. The molecular weight excluding hydrogens is 344 g/mol. The summed E-state index contributed by atoms with van der Waals surface area (Å²) in [5.74, 6) is 2.30. The molecule has 0 radical (unpaired) electrons. The largest absolute Gasteiger partial charge is 0.490 e. The molecule has 1 aliphatic rings. The summed E-state index contributed by atoms with van der Waals surface area (Å²) in [7, 11) is 0. The lowest BCUT2D eigenvalue weighted by molar-refractivity contribution is -0.200. The van der Waals surface area contributed by atoms with E-state index in [9.17, 15) is 0 Å². The maximum absolute atomic E-state index is 7.33. The summed E-state index contributed by atoms with van der Waals surface area (Å²) in [6.07, 6.45) is 10.2. The number of rotatable bonds is 10. The molecule has 0 bridgehead atoms. The highest BCUT2D eigenvalue weighted by Crippen LogP contribution is 2.67. The van der Waals surface area contributed by atoms with E-state index < -0.39 is 0 Å². The van der Waals surface area contributed by atoms with Crippen LogP contribution < -0.4 is 0 Å². The number of ether oxygens (including phenoxy) is 1. The highest BCUT2D eigenvalue weighted by molar-refractivity contribution is 5.35. The summed E-state index contributed by atoms with van der Waals surface area (Å²) >= 11 is 0. The van der Waals surface area contributed by atoms with Crippen molar-refractivity contribution in [3.8, 4) is 0 Å². The van der Waals surface area contributed by atoms with E-state index in [-0.39, 0.29) is 16.4 Å². The number of allylic oxidation sites excluding steroid dienone is 1. The Morgan fingerprint density at radius 3 is 2.04 bits per heavy atom. The van der Waals surface area contributed by atoms with Crippen LogP contribution in [-0.2, 0) is 11.2 Å². The molecule has 2 heterocycles. The molecule has 1 aliphatic heterocycles.